The van der Waals surface area contributed by atoms with Crippen LogP contribution in [0.4, 0.5) is 5.13 Å². The maximum Gasteiger partial charge on any atom is 0.316 e. The third kappa shape index (κ3) is 8.90. The molecule has 1 atom stereocenters. The highest BCUT2D eigenvalue weighted by atomic mass is 32.2. The molecule has 1 aromatic rings. The predicted molar refractivity (Wildman–Crippen MR) is 93.7 cm³/mol. The van der Waals surface area contributed by atoms with Gasteiger partial charge < -0.3 is 10.1 Å². The fourth-order valence-electron chi connectivity index (χ4n) is 2.25. The molecule has 130 valence electrons. The van der Waals surface area contributed by atoms with Crippen LogP contribution < -0.4 is 5.32 Å². The van der Waals surface area contributed by atoms with Gasteiger partial charge in [0.1, 0.15) is 0 Å². The maximum absolute atomic E-state index is 12.0. The minimum atomic E-state index is -0.283. The Bertz CT molecular complexity index is 526. The Kier molecular flexibility index (Phi) is 7.98. The first-order valence-electron chi connectivity index (χ1n) is 7.61. The van der Waals surface area contributed by atoms with E-state index in [1.54, 1.807) is 6.92 Å². The molecule has 0 aliphatic rings. The number of nitrogens with zero attached hydrogens (tertiary/aromatic N) is 2. The van der Waals surface area contributed by atoms with Crippen LogP contribution in [0, 0.1) is 11.3 Å². The van der Waals surface area contributed by atoms with Gasteiger partial charge in [-0.3, -0.25) is 9.59 Å². The number of aromatic nitrogens is 2. The van der Waals surface area contributed by atoms with E-state index in [4.69, 9.17) is 4.74 Å². The number of hydrogen-bond acceptors (Lipinski definition) is 7. The van der Waals surface area contributed by atoms with Crippen molar-refractivity contribution in [2.75, 3.05) is 17.7 Å². The zero-order chi connectivity index (χ0) is 17.5. The van der Waals surface area contributed by atoms with Gasteiger partial charge in [0, 0.05) is 6.42 Å². The minimum absolute atomic E-state index is 0.0557. The van der Waals surface area contributed by atoms with Gasteiger partial charge in [-0.2, -0.15) is 0 Å². The van der Waals surface area contributed by atoms with Crippen molar-refractivity contribution < 1.29 is 14.3 Å². The number of esters is 1. The van der Waals surface area contributed by atoms with Crippen molar-refractivity contribution in [1.82, 2.24) is 10.2 Å². The number of anilines is 1. The van der Waals surface area contributed by atoms with E-state index in [-0.39, 0.29) is 23.0 Å². The summed E-state index contributed by atoms with van der Waals surface area (Å²) in [4.78, 5) is 23.3. The quantitative estimate of drug-likeness (QED) is 0.434. The first kappa shape index (κ1) is 19.9. The van der Waals surface area contributed by atoms with Crippen LogP contribution >= 0.6 is 23.1 Å². The molecule has 1 rings (SSSR count). The standard InChI is InChI=1S/C15H25N3O3S2/c1-6-21-12(20)9-22-14-18-17-13(23-14)16-11(19)7-10(2)8-15(3,4)5/h10H,6-9H2,1-5H3,(H,16,17,19)/t10-/m0/s1. The van der Waals surface area contributed by atoms with Crippen molar-refractivity contribution in [3.8, 4) is 0 Å². The molecule has 1 aromatic heterocycles. The van der Waals surface area contributed by atoms with Crippen LogP contribution in [0.5, 0.6) is 0 Å². The van der Waals surface area contributed by atoms with Gasteiger partial charge in [-0.05, 0) is 24.7 Å². The second-order valence-corrected chi connectivity index (χ2v) is 8.79. The summed E-state index contributed by atoms with van der Waals surface area (Å²) < 4.78 is 5.48. The molecular weight excluding hydrogens is 334 g/mol. The van der Waals surface area contributed by atoms with Crippen LogP contribution in [-0.4, -0.2) is 34.4 Å². The highest BCUT2D eigenvalue weighted by Gasteiger charge is 2.18. The van der Waals surface area contributed by atoms with Crippen LogP contribution in [0.25, 0.3) is 0 Å². The van der Waals surface area contributed by atoms with Crippen LogP contribution in [0.3, 0.4) is 0 Å². The molecule has 8 heteroatoms. The average molecular weight is 360 g/mol. The minimum Gasteiger partial charge on any atom is -0.465 e. The maximum atomic E-state index is 12.0. The van der Waals surface area contributed by atoms with Crippen LogP contribution in [0.15, 0.2) is 4.34 Å². The molecule has 0 fully saturated rings. The third-order valence-corrected chi connectivity index (χ3v) is 4.71. The average Bonchev–Trinajstić information content (AvgIpc) is 2.81. The van der Waals surface area contributed by atoms with E-state index in [9.17, 15) is 9.59 Å². The number of hydrogen-bond donors (Lipinski definition) is 1. The highest BCUT2D eigenvalue weighted by molar-refractivity contribution is 8.01. The Morgan fingerprint density at radius 2 is 2.04 bits per heavy atom. The lowest BCUT2D eigenvalue weighted by Gasteiger charge is -2.22. The molecule has 0 aliphatic carbocycles. The van der Waals surface area contributed by atoms with Crippen molar-refractivity contribution in [3.05, 3.63) is 0 Å². The number of nitrogens with one attached hydrogen (secondary N) is 1. The first-order chi connectivity index (χ1) is 10.7. The molecule has 0 aliphatic heterocycles. The summed E-state index contributed by atoms with van der Waals surface area (Å²) in [5.74, 6) is 0.161. The Hall–Kier alpha value is -1.15. The second-order valence-electron chi connectivity index (χ2n) is 6.59. The van der Waals surface area contributed by atoms with Gasteiger partial charge in [-0.15, -0.1) is 10.2 Å². The molecule has 0 bridgehead atoms. The highest BCUT2D eigenvalue weighted by Crippen LogP contribution is 2.28. The van der Waals surface area contributed by atoms with Crippen molar-refractivity contribution in [3.63, 3.8) is 0 Å². The van der Waals surface area contributed by atoms with E-state index in [2.05, 4.69) is 43.2 Å². The molecule has 6 nitrogen and oxygen atoms in total. The lowest BCUT2D eigenvalue weighted by molar-refractivity contribution is -0.139. The number of ether oxygens (including phenoxy) is 1. The topological polar surface area (TPSA) is 81.2 Å². The molecule has 1 N–H and O–H groups in total. The van der Waals surface area contributed by atoms with E-state index in [1.807, 2.05) is 0 Å². The van der Waals surface area contributed by atoms with Gasteiger partial charge in [0.25, 0.3) is 0 Å². The summed E-state index contributed by atoms with van der Waals surface area (Å²) in [5, 5.41) is 11.1. The lowest BCUT2D eigenvalue weighted by atomic mass is 9.84. The summed E-state index contributed by atoms with van der Waals surface area (Å²) in [6, 6.07) is 0. The molecule has 0 aromatic carbocycles. The van der Waals surface area contributed by atoms with Gasteiger partial charge >= 0.3 is 5.97 Å². The molecule has 0 radical (unpaired) electrons. The summed E-state index contributed by atoms with van der Waals surface area (Å²) in [6.45, 7) is 10.7. The Morgan fingerprint density at radius 1 is 1.35 bits per heavy atom. The molecule has 23 heavy (non-hydrogen) atoms. The molecule has 0 saturated carbocycles. The molecule has 1 amide bonds. The van der Waals surface area contributed by atoms with E-state index in [1.165, 1.54) is 23.1 Å². The third-order valence-electron chi connectivity index (χ3n) is 2.77. The zero-order valence-electron chi connectivity index (χ0n) is 14.3. The summed E-state index contributed by atoms with van der Waals surface area (Å²) in [7, 11) is 0. The van der Waals surface area contributed by atoms with Gasteiger partial charge in [-0.1, -0.05) is 50.8 Å². The van der Waals surface area contributed by atoms with E-state index >= 15 is 0 Å². The number of amides is 1. The monoisotopic (exact) mass is 359 g/mol. The molecule has 1 heterocycles. The molecule has 0 unspecified atom stereocenters. The van der Waals surface area contributed by atoms with Crippen LogP contribution in [0.1, 0.15) is 47.5 Å². The number of carbonyl (C=O) groups excluding carboxylic acids is 2. The smallest absolute Gasteiger partial charge is 0.316 e. The largest absolute Gasteiger partial charge is 0.465 e. The predicted octanol–water partition coefficient (Wildman–Crippen LogP) is 3.59. The number of rotatable bonds is 8. The van der Waals surface area contributed by atoms with Gasteiger partial charge in [-0.25, -0.2) is 0 Å². The second kappa shape index (κ2) is 9.22. The summed E-state index contributed by atoms with van der Waals surface area (Å²) >= 11 is 2.52. The summed E-state index contributed by atoms with van der Waals surface area (Å²) in [5.41, 5.74) is 0.208. The van der Waals surface area contributed by atoms with E-state index in [0.717, 1.165) is 6.42 Å². The lowest BCUT2D eigenvalue weighted by Crippen LogP contribution is -2.18. The van der Waals surface area contributed by atoms with E-state index in [0.29, 0.717) is 28.4 Å². The first-order valence-corrected chi connectivity index (χ1v) is 9.41. The fraction of sp³-hybridized carbons (Fsp3) is 0.733. The normalized spacial score (nSPS) is 12.7. The number of thioether (sulfide) groups is 1. The Balaban J connectivity index is 2.40. The van der Waals surface area contributed by atoms with E-state index < -0.39 is 0 Å². The van der Waals surface area contributed by atoms with Gasteiger partial charge in [0.05, 0.1) is 12.4 Å². The van der Waals surface area contributed by atoms with Crippen molar-refractivity contribution >= 4 is 40.1 Å². The van der Waals surface area contributed by atoms with Crippen molar-refractivity contribution in [2.24, 2.45) is 11.3 Å². The van der Waals surface area contributed by atoms with Crippen LogP contribution in [0.2, 0.25) is 0 Å². The van der Waals surface area contributed by atoms with Gasteiger partial charge in [0.2, 0.25) is 11.0 Å². The van der Waals surface area contributed by atoms with Gasteiger partial charge in [0.15, 0.2) is 4.34 Å². The zero-order valence-corrected chi connectivity index (χ0v) is 16.0. The Morgan fingerprint density at radius 3 is 2.65 bits per heavy atom. The molecular formula is C15H25N3O3S2. The summed E-state index contributed by atoms with van der Waals surface area (Å²) in [6.07, 6.45) is 1.44. The van der Waals surface area contributed by atoms with Crippen LogP contribution in [-0.2, 0) is 14.3 Å². The molecule has 0 saturated heterocycles. The number of carbonyl (C=O) groups is 2. The molecule has 0 spiro atoms. The fourth-order valence-corrected chi connectivity index (χ4v) is 3.81. The van der Waals surface area contributed by atoms with Crippen molar-refractivity contribution in [2.45, 2.75) is 51.8 Å². The SMILES string of the molecule is CCOC(=O)CSc1nnc(NC(=O)C[C@H](C)CC(C)(C)C)s1. The van der Waals surface area contributed by atoms with Crippen molar-refractivity contribution in [1.29, 1.82) is 0 Å². The Labute approximate surface area is 145 Å².